The van der Waals surface area contributed by atoms with Crippen molar-refractivity contribution in [2.24, 2.45) is 0 Å². The van der Waals surface area contributed by atoms with Crippen LogP contribution in [0.2, 0.25) is 5.02 Å². The fourth-order valence-electron chi connectivity index (χ4n) is 2.69. The Morgan fingerprint density at radius 3 is 2.77 bits per heavy atom. The lowest BCUT2D eigenvalue weighted by Crippen LogP contribution is -2.51. The molecule has 0 aromatic carbocycles. The van der Waals surface area contributed by atoms with Crippen LogP contribution in [0.1, 0.15) is 12.6 Å². The number of urea groups is 1. The monoisotopic (exact) mass is 321 g/mol. The van der Waals surface area contributed by atoms with Crippen molar-refractivity contribution in [2.75, 3.05) is 32.7 Å². The summed E-state index contributed by atoms with van der Waals surface area (Å²) in [7, 11) is 0. The number of hydrogen-bond donors (Lipinski definition) is 1. The Balaban J connectivity index is 1.58. The number of hydrogen-bond acceptors (Lipinski definition) is 3. The number of amides is 2. The van der Waals surface area contributed by atoms with Gasteiger partial charge in [0, 0.05) is 51.7 Å². The molecule has 1 saturated heterocycles. The molecule has 1 N–H and O–H groups in total. The second kappa shape index (κ2) is 6.54. The smallest absolute Gasteiger partial charge is 0.317 e. The van der Waals surface area contributed by atoms with E-state index in [0.29, 0.717) is 11.6 Å². The van der Waals surface area contributed by atoms with Crippen LogP contribution in [0.15, 0.2) is 24.5 Å². The van der Waals surface area contributed by atoms with E-state index in [2.05, 4.69) is 15.2 Å². The summed E-state index contributed by atoms with van der Waals surface area (Å²) in [4.78, 5) is 20.6. The van der Waals surface area contributed by atoms with Crippen LogP contribution in [0.25, 0.3) is 5.65 Å². The maximum absolute atomic E-state index is 11.8. The van der Waals surface area contributed by atoms with Crippen molar-refractivity contribution in [3.63, 3.8) is 0 Å². The van der Waals surface area contributed by atoms with E-state index in [1.54, 1.807) is 0 Å². The number of piperazine rings is 1. The van der Waals surface area contributed by atoms with Gasteiger partial charge in [0.2, 0.25) is 0 Å². The molecule has 2 aromatic rings. The minimum Gasteiger partial charge on any atom is -0.338 e. The van der Waals surface area contributed by atoms with Gasteiger partial charge in [0.15, 0.2) is 0 Å². The third-order valence-corrected chi connectivity index (χ3v) is 4.06. The number of imidazole rings is 1. The summed E-state index contributed by atoms with van der Waals surface area (Å²) >= 11 is 5.99. The number of aromatic nitrogens is 2. The SMILES string of the molecule is CCNC(=O)N1CCN(Cc2cn3cc(Cl)ccc3n2)CC1. The molecule has 3 heterocycles. The Bertz CT molecular complexity index is 663. The molecule has 22 heavy (non-hydrogen) atoms. The molecule has 0 atom stereocenters. The van der Waals surface area contributed by atoms with E-state index >= 15 is 0 Å². The molecule has 0 radical (unpaired) electrons. The van der Waals surface area contributed by atoms with Crippen LogP contribution in [-0.4, -0.2) is 57.9 Å². The van der Waals surface area contributed by atoms with Crippen molar-refractivity contribution in [3.8, 4) is 0 Å². The summed E-state index contributed by atoms with van der Waals surface area (Å²) in [5, 5.41) is 3.54. The average molecular weight is 322 g/mol. The lowest BCUT2D eigenvalue weighted by atomic mass is 10.3. The first-order chi connectivity index (χ1) is 10.7. The van der Waals surface area contributed by atoms with E-state index in [1.165, 1.54) is 0 Å². The third kappa shape index (κ3) is 3.34. The molecule has 0 spiro atoms. The van der Waals surface area contributed by atoms with Gasteiger partial charge < -0.3 is 14.6 Å². The zero-order valence-corrected chi connectivity index (χ0v) is 13.4. The molecular formula is C15H20ClN5O. The lowest BCUT2D eigenvalue weighted by Gasteiger charge is -2.34. The quantitative estimate of drug-likeness (QED) is 0.938. The van der Waals surface area contributed by atoms with Gasteiger partial charge in [-0.05, 0) is 19.1 Å². The summed E-state index contributed by atoms with van der Waals surface area (Å²) in [5.74, 6) is 0. The maximum atomic E-state index is 11.8. The topological polar surface area (TPSA) is 52.9 Å². The molecule has 0 bridgehead atoms. The highest BCUT2D eigenvalue weighted by Crippen LogP contribution is 2.13. The molecule has 6 nitrogen and oxygen atoms in total. The molecule has 2 aromatic heterocycles. The number of carbonyl (C=O) groups excluding carboxylic acids is 1. The summed E-state index contributed by atoms with van der Waals surface area (Å²) < 4.78 is 1.95. The summed E-state index contributed by atoms with van der Waals surface area (Å²) in [6.07, 6.45) is 3.87. The van der Waals surface area contributed by atoms with Crippen LogP contribution in [0.4, 0.5) is 4.79 Å². The van der Waals surface area contributed by atoms with Gasteiger partial charge >= 0.3 is 6.03 Å². The number of pyridine rings is 1. The van der Waals surface area contributed by atoms with Gasteiger partial charge in [-0.25, -0.2) is 9.78 Å². The Labute approximate surface area is 134 Å². The normalized spacial score (nSPS) is 16.2. The molecule has 2 amide bonds. The molecule has 0 saturated carbocycles. The Kier molecular flexibility index (Phi) is 4.49. The van der Waals surface area contributed by atoms with Gasteiger partial charge in [0.25, 0.3) is 0 Å². The molecule has 3 rings (SSSR count). The first-order valence-electron chi connectivity index (χ1n) is 7.54. The highest BCUT2D eigenvalue weighted by atomic mass is 35.5. The molecule has 118 valence electrons. The molecular weight excluding hydrogens is 302 g/mol. The maximum Gasteiger partial charge on any atom is 0.317 e. The third-order valence-electron chi connectivity index (χ3n) is 3.84. The molecule has 7 heteroatoms. The van der Waals surface area contributed by atoms with Crippen molar-refractivity contribution in [1.29, 1.82) is 0 Å². The first kappa shape index (κ1) is 15.1. The van der Waals surface area contributed by atoms with E-state index in [4.69, 9.17) is 11.6 Å². The van der Waals surface area contributed by atoms with E-state index < -0.39 is 0 Å². The Morgan fingerprint density at radius 1 is 1.27 bits per heavy atom. The standard InChI is InChI=1S/C15H20ClN5O/c1-2-17-15(22)20-7-5-19(6-8-20)10-13-11-21-9-12(16)3-4-14(21)18-13/h3-4,9,11H,2,5-8,10H2,1H3,(H,17,22). The molecule has 1 aliphatic rings. The average Bonchev–Trinajstić information content (AvgIpc) is 2.89. The van der Waals surface area contributed by atoms with Crippen molar-refractivity contribution < 1.29 is 4.79 Å². The van der Waals surface area contributed by atoms with Gasteiger partial charge in [-0.15, -0.1) is 0 Å². The molecule has 1 fully saturated rings. The van der Waals surface area contributed by atoms with E-state index in [1.807, 2.05) is 40.8 Å². The number of fused-ring (bicyclic) bond motifs is 1. The summed E-state index contributed by atoms with van der Waals surface area (Å²) in [6, 6.07) is 3.79. The van der Waals surface area contributed by atoms with Crippen LogP contribution in [0, 0.1) is 0 Å². The van der Waals surface area contributed by atoms with Crippen molar-refractivity contribution in [3.05, 3.63) is 35.2 Å². The van der Waals surface area contributed by atoms with Crippen molar-refractivity contribution in [1.82, 2.24) is 24.5 Å². The zero-order valence-electron chi connectivity index (χ0n) is 12.6. The van der Waals surface area contributed by atoms with Crippen molar-refractivity contribution >= 4 is 23.3 Å². The summed E-state index contributed by atoms with van der Waals surface area (Å²) in [6.45, 7) is 6.64. The predicted octanol–water partition coefficient (Wildman–Crippen LogP) is 1.83. The second-order valence-electron chi connectivity index (χ2n) is 5.44. The zero-order chi connectivity index (χ0) is 15.5. The minimum atomic E-state index is 0.0320. The number of carbonyl (C=O) groups is 1. The van der Waals surface area contributed by atoms with E-state index in [0.717, 1.165) is 44.1 Å². The van der Waals surface area contributed by atoms with Gasteiger partial charge in [-0.2, -0.15) is 0 Å². The summed E-state index contributed by atoms with van der Waals surface area (Å²) in [5.41, 5.74) is 1.93. The number of rotatable bonds is 3. The fraction of sp³-hybridized carbons (Fsp3) is 0.467. The van der Waals surface area contributed by atoms with Crippen LogP contribution in [-0.2, 0) is 6.54 Å². The van der Waals surface area contributed by atoms with Crippen LogP contribution < -0.4 is 5.32 Å². The van der Waals surface area contributed by atoms with Crippen LogP contribution >= 0.6 is 11.6 Å². The van der Waals surface area contributed by atoms with E-state index in [9.17, 15) is 4.79 Å². The highest BCUT2D eigenvalue weighted by molar-refractivity contribution is 6.30. The number of nitrogens with zero attached hydrogens (tertiary/aromatic N) is 4. The van der Waals surface area contributed by atoms with Gasteiger partial charge in [-0.1, -0.05) is 11.6 Å². The first-order valence-corrected chi connectivity index (χ1v) is 7.92. The molecule has 0 unspecified atom stereocenters. The largest absolute Gasteiger partial charge is 0.338 e. The number of halogens is 1. The Hall–Kier alpha value is -1.79. The number of nitrogens with one attached hydrogen (secondary N) is 1. The van der Waals surface area contributed by atoms with Gasteiger partial charge in [0.05, 0.1) is 10.7 Å². The lowest BCUT2D eigenvalue weighted by molar-refractivity contribution is 0.135. The molecule has 1 aliphatic heterocycles. The highest BCUT2D eigenvalue weighted by Gasteiger charge is 2.21. The van der Waals surface area contributed by atoms with Crippen LogP contribution in [0.5, 0.6) is 0 Å². The van der Waals surface area contributed by atoms with E-state index in [-0.39, 0.29) is 6.03 Å². The fourth-order valence-corrected chi connectivity index (χ4v) is 2.86. The second-order valence-corrected chi connectivity index (χ2v) is 5.88. The van der Waals surface area contributed by atoms with Crippen LogP contribution in [0.3, 0.4) is 0 Å². The van der Waals surface area contributed by atoms with Gasteiger partial charge in [-0.3, -0.25) is 4.90 Å². The minimum absolute atomic E-state index is 0.0320. The van der Waals surface area contributed by atoms with Crippen molar-refractivity contribution in [2.45, 2.75) is 13.5 Å². The van der Waals surface area contributed by atoms with Gasteiger partial charge in [0.1, 0.15) is 5.65 Å². The predicted molar refractivity (Wildman–Crippen MR) is 86.1 cm³/mol. The Morgan fingerprint density at radius 2 is 2.05 bits per heavy atom. The molecule has 0 aliphatic carbocycles.